The maximum absolute atomic E-state index is 12.2. The molecule has 0 aliphatic heterocycles. The number of sulfonamides is 1. The van der Waals surface area contributed by atoms with E-state index < -0.39 is 10.0 Å². The standard InChI is InChI=1S/C20H17BrN2O3S/c21-20-12-11-18(26-15-16-7-3-1-4-8-16)13-17(20)14-22-23-27(24,25)19-9-5-2-6-10-19/h1-14,23H,15H2/b22-14-. The Labute approximate surface area is 166 Å². The van der Waals surface area contributed by atoms with Crippen molar-refractivity contribution >= 4 is 32.2 Å². The molecule has 0 radical (unpaired) electrons. The van der Waals surface area contributed by atoms with Crippen LogP contribution in [0.1, 0.15) is 11.1 Å². The van der Waals surface area contributed by atoms with E-state index in [0.717, 1.165) is 10.0 Å². The second-order valence-electron chi connectivity index (χ2n) is 5.62. The molecule has 0 amide bonds. The van der Waals surface area contributed by atoms with Gasteiger partial charge in [-0.3, -0.25) is 0 Å². The molecule has 27 heavy (non-hydrogen) atoms. The average molecular weight is 445 g/mol. The minimum absolute atomic E-state index is 0.154. The second kappa shape index (κ2) is 8.83. The smallest absolute Gasteiger partial charge is 0.276 e. The van der Waals surface area contributed by atoms with Gasteiger partial charge < -0.3 is 4.74 Å². The Kier molecular flexibility index (Phi) is 6.26. The van der Waals surface area contributed by atoms with Gasteiger partial charge in [0.1, 0.15) is 12.4 Å². The van der Waals surface area contributed by atoms with Crippen molar-refractivity contribution < 1.29 is 13.2 Å². The summed E-state index contributed by atoms with van der Waals surface area (Å²) in [5, 5.41) is 3.86. The Bertz CT molecular complexity index is 1020. The lowest BCUT2D eigenvalue weighted by molar-refractivity contribution is 0.306. The Morgan fingerprint density at radius 2 is 1.63 bits per heavy atom. The maximum atomic E-state index is 12.2. The molecule has 3 aromatic rings. The van der Waals surface area contributed by atoms with Gasteiger partial charge >= 0.3 is 0 Å². The van der Waals surface area contributed by atoms with Crippen LogP contribution in [0.4, 0.5) is 0 Å². The topological polar surface area (TPSA) is 67.8 Å². The Morgan fingerprint density at radius 3 is 2.33 bits per heavy atom. The SMILES string of the molecule is O=S(=O)(N/N=C\c1cc(OCc2ccccc2)ccc1Br)c1ccccc1. The summed E-state index contributed by atoms with van der Waals surface area (Å²) in [7, 11) is -3.69. The van der Waals surface area contributed by atoms with E-state index >= 15 is 0 Å². The zero-order valence-electron chi connectivity index (χ0n) is 14.2. The third-order valence-corrected chi connectivity index (χ3v) is 5.61. The van der Waals surface area contributed by atoms with Gasteiger partial charge in [-0.05, 0) is 35.9 Å². The molecular formula is C20H17BrN2O3S. The molecule has 138 valence electrons. The zero-order chi connectivity index (χ0) is 19.1. The predicted molar refractivity (Wildman–Crippen MR) is 109 cm³/mol. The summed E-state index contributed by atoms with van der Waals surface area (Å²) in [6.07, 6.45) is 1.43. The molecule has 0 saturated heterocycles. The number of benzene rings is 3. The molecule has 5 nitrogen and oxygen atoms in total. The number of hydrogen-bond acceptors (Lipinski definition) is 4. The molecule has 0 heterocycles. The monoisotopic (exact) mass is 444 g/mol. The zero-order valence-corrected chi connectivity index (χ0v) is 16.7. The minimum Gasteiger partial charge on any atom is -0.489 e. The van der Waals surface area contributed by atoms with Gasteiger partial charge in [-0.25, -0.2) is 4.83 Å². The van der Waals surface area contributed by atoms with Gasteiger partial charge in [0.25, 0.3) is 10.0 Å². The van der Waals surface area contributed by atoms with Crippen LogP contribution in [0.25, 0.3) is 0 Å². The first kappa shape index (κ1) is 19.1. The second-order valence-corrected chi connectivity index (χ2v) is 8.14. The van der Waals surface area contributed by atoms with Gasteiger partial charge in [0.15, 0.2) is 0 Å². The number of rotatable bonds is 7. The Morgan fingerprint density at radius 1 is 0.963 bits per heavy atom. The molecule has 0 aromatic heterocycles. The van der Waals surface area contributed by atoms with Crippen molar-refractivity contribution in [3.8, 4) is 5.75 Å². The lowest BCUT2D eigenvalue weighted by Crippen LogP contribution is -2.18. The third kappa shape index (κ3) is 5.42. The summed E-state index contributed by atoms with van der Waals surface area (Å²) in [6.45, 7) is 0.444. The van der Waals surface area contributed by atoms with E-state index in [1.165, 1.54) is 18.3 Å². The molecule has 0 saturated carbocycles. The van der Waals surface area contributed by atoms with Crippen LogP contribution in [0.5, 0.6) is 5.75 Å². The summed E-state index contributed by atoms with van der Waals surface area (Å²) in [6, 6.07) is 23.4. The van der Waals surface area contributed by atoms with Crippen molar-refractivity contribution in [1.82, 2.24) is 4.83 Å². The van der Waals surface area contributed by atoms with Gasteiger partial charge in [-0.15, -0.1) is 0 Å². The molecule has 3 rings (SSSR count). The summed E-state index contributed by atoms with van der Waals surface area (Å²) in [4.78, 5) is 2.36. The lowest BCUT2D eigenvalue weighted by atomic mass is 10.2. The molecule has 1 N–H and O–H groups in total. The van der Waals surface area contributed by atoms with Crippen LogP contribution in [0.15, 0.2) is 93.3 Å². The molecule has 7 heteroatoms. The van der Waals surface area contributed by atoms with Crippen molar-refractivity contribution in [3.05, 3.63) is 94.5 Å². The van der Waals surface area contributed by atoms with Crippen LogP contribution < -0.4 is 9.57 Å². The van der Waals surface area contributed by atoms with Crippen molar-refractivity contribution in [2.24, 2.45) is 5.10 Å². The highest BCUT2D eigenvalue weighted by atomic mass is 79.9. The largest absolute Gasteiger partial charge is 0.489 e. The van der Waals surface area contributed by atoms with Gasteiger partial charge in [0.2, 0.25) is 0 Å². The van der Waals surface area contributed by atoms with E-state index in [9.17, 15) is 8.42 Å². The predicted octanol–water partition coefficient (Wildman–Crippen LogP) is 4.34. The van der Waals surface area contributed by atoms with E-state index in [1.54, 1.807) is 24.3 Å². The summed E-state index contributed by atoms with van der Waals surface area (Å²) >= 11 is 3.43. The first-order valence-corrected chi connectivity index (χ1v) is 10.4. The van der Waals surface area contributed by atoms with Crippen molar-refractivity contribution in [2.45, 2.75) is 11.5 Å². The number of nitrogens with one attached hydrogen (secondary N) is 1. The fourth-order valence-corrected chi connectivity index (χ4v) is 3.43. The number of ether oxygens (including phenoxy) is 1. The first-order chi connectivity index (χ1) is 13.0. The van der Waals surface area contributed by atoms with E-state index in [4.69, 9.17) is 4.74 Å². The highest BCUT2D eigenvalue weighted by Crippen LogP contribution is 2.22. The highest BCUT2D eigenvalue weighted by Gasteiger charge is 2.11. The maximum Gasteiger partial charge on any atom is 0.276 e. The van der Waals surface area contributed by atoms with Crippen molar-refractivity contribution in [2.75, 3.05) is 0 Å². The molecule has 3 aromatic carbocycles. The molecule has 0 bridgehead atoms. The number of nitrogens with zero attached hydrogens (tertiary/aromatic N) is 1. The molecule has 0 spiro atoms. The van der Waals surface area contributed by atoms with Gasteiger partial charge in [0.05, 0.1) is 11.1 Å². The number of hydrazone groups is 1. The normalized spacial score (nSPS) is 11.4. The molecule has 0 aliphatic carbocycles. The van der Waals surface area contributed by atoms with E-state index in [-0.39, 0.29) is 4.90 Å². The fourth-order valence-electron chi connectivity index (χ4n) is 2.27. The van der Waals surface area contributed by atoms with Crippen molar-refractivity contribution in [3.63, 3.8) is 0 Å². The Hall–Kier alpha value is -2.64. The number of halogens is 1. The summed E-state index contributed by atoms with van der Waals surface area (Å²) < 4.78 is 30.9. The quantitative estimate of drug-likeness (QED) is 0.435. The average Bonchev–Trinajstić information content (AvgIpc) is 2.70. The van der Waals surface area contributed by atoms with Gasteiger partial charge in [-0.2, -0.15) is 13.5 Å². The van der Waals surface area contributed by atoms with Crippen LogP contribution in [-0.4, -0.2) is 14.6 Å². The third-order valence-electron chi connectivity index (χ3n) is 3.65. The molecule has 0 fully saturated rings. The van der Waals surface area contributed by atoms with Gasteiger partial charge in [-0.1, -0.05) is 64.5 Å². The van der Waals surface area contributed by atoms with E-state index in [0.29, 0.717) is 17.9 Å². The molecule has 0 unspecified atom stereocenters. The lowest BCUT2D eigenvalue weighted by Gasteiger charge is -2.08. The molecule has 0 atom stereocenters. The van der Waals surface area contributed by atoms with Crippen molar-refractivity contribution in [1.29, 1.82) is 0 Å². The van der Waals surface area contributed by atoms with Gasteiger partial charge in [0, 0.05) is 10.0 Å². The minimum atomic E-state index is -3.69. The number of hydrogen-bond donors (Lipinski definition) is 1. The van der Waals surface area contributed by atoms with Crippen LogP contribution in [0, 0.1) is 0 Å². The Balaban J connectivity index is 1.68. The van der Waals surface area contributed by atoms with Crippen LogP contribution in [0.3, 0.4) is 0 Å². The summed E-state index contributed by atoms with van der Waals surface area (Å²) in [5.74, 6) is 0.661. The van der Waals surface area contributed by atoms with E-state index in [1.807, 2.05) is 42.5 Å². The fraction of sp³-hybridized carbons (Fsp3) is 0.0500. The molecule has 0 aliphatic rings. The van der Waals surface area contributed by atoms with Crippen LogP contribution in [-0.2, 0) is 16.6 Å². The van der Waals surface area contributed by atoms with Crippen LogP contribution in [0.2, 0.25) is 0 Å². The van der Waals surface area contributed by atoms with Crippen LogP contribution >= 0.6 is 15.9 Å². The first-order valence-electron chi connectivity index (χ1n) is 8.11. The highest BCUT2D eigenvalue weighted by molar-refractivity contribution is 9.10. The van der Waals surface area contributed by atoms with E-state index in [2.05, 4.69) is 25.9 Å². The molecular weight excluding hydrogens is 428 g/mol. The summed E-state index contributed by atoms with van der Waals surface area (Å²) in [5.41, 5.74) is 1.75.